The monoisotopic (exact) mass is 412 g/mol. The number of aromatic nitrogens is 2. The molecule has 0 atom stereocenters. The summed E-state index contributed by atoms with van der Waals surface area (Å²) in [6.45, 7) is 3.93. The Balaban J connectivity index is 1.56. The van der Waals surface area contributed by atoms with Crippen molar-refractivity contribution in [3.05, 3.63) is 53.3 Å². The van der Waals surface area contributed by atoms with Gasteiger partial charge in [0, 0.05) is 41.7 Å². The Hall–Kier alpha value is -2.34. The molecule has 0 saturated carbocycles. The quantitative estimate of drug-likeness (QED) is 0.646. The molecule has 0 N–H and O–H groups in total. The van der Waals surface area contributed by atoms with Crippen LogP contribution in [0.3, 0.4) is 0 Å². The number of benzene rings is 2. The maximum atomic E-state index is 5.26. The number of halogens is 1. The molecule has 0 bridgehead atoms. The molecule has 134 valence electrons. The van der Waals surface area contributed by atoms with E-state index in [1.807, 2.05) is 24.3 Å². The van der Waals surface area contributed by atoms with E-state index in [0.29, 0.717) is 0 Å². The van der Waals surface area contributed by atoms with Crippen molar-refractivity contribution in [2.24, 2.45) is 0 Å². The minimum Gasteiger partial charge on any atom is -0.497 e. The van der Waals surface area contributed by atoms with Crippen LogP contribution in [-0.4, -0.2) is 43.3 Å². The zero-order valence-electron chi connectivity index (χ0n) is 14.7. The fourth-order valence-corrected chi connectivity index (χ4v) is 3.81. The zero-order valence-corrected chi connectivity index (χ0v) is 16.3. The third-order valence-electron chi connectivity index (χ3n) is 4.81. The summed E-state index contributed by atoms with van der Waals surface area (Å²) in [6, 6.07) is 14.5. The lowest BCUT2D eigenvalue weighted by Gasteiger charge is -2.25. The first-order valence-corrected chi connectivity index (χ1v) is 9.58. The van der Waals surface area contributed by atoms with E-state index in [1.54, 1.807) is 13.4 Å². The Morgan fingerprint density at radius 2 is 1.69 bits per heavy atom. The molecule has 0 unspecified atom stereocenters. The number of hydrogen-bond donors (Lipinski definition) is 0. The Morgan fingerprint density at radius 3 is 2.50 bits per heavy atom. The van der Waals surface area contributed by atoms with Gasteiger partial charge in [0.05, 0.1) is 12.6 Å². The minimum absolute atomic E-state index is 0.892. The van der Waals surface area contributed by atoms with E-state index in [0.717, 1.165) is 59.5 Å². The van der Waals surface area contributed by atoms with Crippen molar-refractivity contribution in [3.63, 3.8) is 0 Å². The van der Waals surface area contributed by atoms with Crippen LogP contribution in [0.4, 0.5) is 11.5 Å². The van der Waals surface area contributed by atoms with Crippen molar-refractivity contribution in [2.75, 3.05) is 43.1 Å². The number of nitrogens with zero attached hydrogens (tertiary/aromatic N) is 4. The molecule has 0 amide bonds. The SMILES string of the molecule is COc1ccc(N2CCCN(c3ncnc4ccc(Br)cc34)CC2)cc1. The Labute approximate surface area is 161 Å². The van der Waals surface area contributed by atoms with Crippen LogP contribution in [0.15, 0.2) is 53.3 Å². The number of ether oxygens (including phenoxy) is 1. The van der Waals surface area contributed by atoms with Crippen LogP contribution in [0.25, 0.3) is 10.9 Å². The molecule has 6 heteroatoms. The maximum absolute atomic E-state index is 5.26. The average Bonchev–Trinajstić information content (AvgIpc) is 2.94. The summed E-state index contributed by atoms with van der Waals surface area (Å²) in [4.78, 5) is 13.8. The first-order valence-electron chi connectivity index (χ1n) is 8.79. The third kappa shape index (κ3) is 3.46. The number of anilines is 2. The van der Waals surface area contributed by atoms with Gasteiger partial charge in [0.2, 0.25) is 0 Å². The van der Waals surface area contributed by atoms with Gasteiger partial charge >= 0.3 is 0 Å². The molecule has 0 aliphatic carbocycles. The van der Waals surface area contributed by atoms with Gasteiger partial charge < -0.3 is 14.5 Å². The van der Waals surface area contributed by atoms with Crippen molar-refractivity contribution in [2.45, 2.75) is 6.42 Å². The van der Waals surface area contributed by atoms with Gasteiger partial charge in [0.15, 0.2) is 0 Å². The van der Waals surface area contributed by atoms with Gasteiger partial charge in [-0.05, 0) is 48.9 Å². The fraction of sp³-hybridized carbons (Fsp3) is 0.300. The van der Waals surface area contributed by atoms with E-state index in [1.165, 1.54) is 5.69 Å². The van der Waals surface area contributed by atoms with Gasteiger partial charge in [-0.1, -0.05) is 15.9 Å². The number of rotatable bonds is 3. The summed E-state index contributed by atoms with van der Waals surface area (Å²) in [5, 5.41) is 1.10. The van der Waals surface area contributed by atoms with Gasteiger partial charge in [0.25, 0.3) is 0 Å². The van der Waals surface area contributed by atoms with Gasteiger partial charge in [0.1, 0.15) is 17.9 Å². The van der Waals surface area contributed by atoms with Crippen molar-refractivity contribution >= 4 is 38.3 Å². The van der Waals surface area contributed by atoms with Gasteiger partial charge in [-0.2, -0.15) is 0 Å². The van der Waals surface area contributed by atoms with Gasteiger partial charge in [-0.25, -0.2) is 9.97 Å². The Bertz CT molecular complexity index is 900. The molecular formula is C20H21BrN4O. The highest BCUT2D eigenvalue weighted by molar-refractivity contribution is 9.10. The summed E-state index contributed by atoms with van der Waals surface area (Å²) in [6.07, 6.45) is 2.75. The van der Waals surface area contributed by atoms with Crippen LogP contribution in [0, 0.1) is 0 Å². The molecule has 4 rings (SSSR count). The molecule has 3 aromatic rings. The van der Waals surface area contributed by atoms with Crippen molar-refractivity contribution in [1.82, 2.24) is 9.97 Å². The summed E-state index contributed by atoms with van der Waals surface area (Å²) in [5.41, 5.74) is 2.22. The Morgan fingerprint density at radius 1 is 0.923 bits per heavy atom. The molecule has 26 heavy (non-hydrogen) atoms. The second-order valence-electron chi connectivity index (χ2n) is 6.38. The van der Waals surface area contributed by atoms with Crippen LogP contribution < -0.4 is 14.5 Å². The first-order chi connectivity index (χ1) is 12.7. The van der Waals surface area contributed by atoms with Crippen molar-refractivity contribution < 1.29 is 4.74 Å². The lowest BCUT2D eigenvalue weighted by molar-refractivity contribution is 0.415. The predicted molar refractivity (Wildman–Crippen MR) is 109 cm³/mol. The van der Waals surface area contributed by atoms with Gasteiger partial charge in [-0.3, -0.25) is 0 Å². The third-order valence-corrected chi connectivity index (χ3v) is 5.30. The normalized spacial score (nSPS) is 15.2. The second kappa shape index (κ2) is 7.50. The summed E-state index contributed by atoms with van der Waals surface area (Å²) >= 11 is 3.57. The highest BCUT2D eigenvalue weighted by atomic mass is 79.9. The molecular weight excluding hydrogens is 392 g/mol. The molecule has 2 aromatic carbocycles. The second-order valence-corrected chi connectivity index (χ2v) is 7.30. The van der Waals surface area contributed by atoms with E-state index in [9.17, 15) is 0 Å². The smallest absolute Gasteiger partial charge is 0.139 e. The van der Waals surface area contributed by atoms with E-state index in [4.69, 9.17) is 4.74 Å². The molecule has 1 aromatic heterocycles. The molecule has 1 fully saturated rings. The van der Waals surface area contributed by atoms with Gasteiger partial charge in [-0.15, -0.1) is 0 Å². The van der Waals surface area contributed by atoms with E-state index < -0.39 is 0 Å². The molecule has 0 spiro atoms. The lowest BCUT2D eigenvalue weighted by atomic mass is 10.2. The first kappa shape index (κ1) is 17.1. The van der Waals surface area contributed by atoms with E-state index in [2.05, 4.69) is 53.9 Å². The van der Waals surface area contributed by atoms with Crippen LogP contribution in [-0.2, 0) is 0 Å². The molecule has 1 saturated heterocycles. The van der Waals surface area contributed by atoms with Crippen LogP contribution in [0.2, 0.25) is 0 Å². The zero-order chi connectivity index (χ0) is 17.9. The minimum atomic E-state index is 0.892. The summed E-state index contributed by atoms with van der Waals surface area (Å²) < 4.78 is 6.31. The lowest BCUT2D eigenvalue weighted by Crippen LogP contribution is -2.31. The average molecular weight is 413 g/mol. The molecule has 0 radical (unpaired) electrons. The van der Waals surface area contributed by atoms with Crippen molar-refractivity contribution in [1.29, 1.82) is 0 Å². The van der Waals surface area contributed by atoms with Crippen LogP contribution >= 0.6 is 15.9 Å². The number of methoxy groups -OCH3 is 1. The number of fused-ring (bicyclic) bond motifs is 1. The van der Waals surface area contributed by atoms with Crippen LogP contribution in [0.1, 0.15) is 6.42 Å². The predicted octanol–water partition coefficient (Wildman–Crippen LogP) is 4.12. The van der Waals surface area contributed by atoms with Crippen molar-refractivity contribution in [3.8, 4) is 5.75 Å². The van der Waals surface area contributed by atoms with E-state index >= 15 is 0 Å². The number of hydrogen-bond acceptors (Lipinski definition) is 5. The highest BCUT2D eigenvalue weighted by Crippen LogP contribution is 2.28. The summed E-state index contributed by atoms with van der Waals surface area (Å²) in [7, 11) is 1.70. The van der Waals surface area contributed by atoms with Crippen LogP contribution in [0.5, 0.6) is 5.75 Å². The molecule has 2 heterocycles. The fourth-order valence-electron chi connectivity index (χ4n) is 3.45. The van der Waals surface area contributed by atoms with E-state index in [-0.39, 0.29) is 0 Å². The molecule has 1 aliphatic heterocycles. The largest absolute Gasteiger partial charge is 0.497 e. The maximum Gasteiger partial charge on any atom is 0.139 e. The standard InChI is InChI=1S/C20H21BrN4O/c1-26-17-6-4-16(5-7-17)24-9-2-10-25(12-11-24)20-18-13-15(21)3-8-19(18)22-14-23-20/h3-8,13-14H,2,9-12H2,1H3. The highest BCUT2D eigenvalue weighted by Gasteiger charge is 2.18. The summed E-state index contributed by atoms with van der Waals surface area (Å²) in [5.74, 6) is 1.91. The molecule has 5 nitrogen and oxygen atoms in total. The molecule has 1 aliphatic rings. The Kier molecular flexibility index (Phi) is 4.93. The topological polar surface area (TPSA) is 41.5 Å².